The summed E-state index contributed by atoms with van der Waals surface area (Å²) in [6.45, 7) is 0. The van der Waals surface area contributed by atoms with Gasteiger partial charge in [-0.1, -0.05) is 0 Å². The molecule has 0 heterocycles. The Balaban J connectivity index is 0. The second-order valence-corrected chi connectivity index (χ2v) is 5.15. The summed E-state index contributed by atoms with van der Waals surface area (Å²) in [6.07, 6.45) is 0. The minimum atomic E-state index is -10.7. The molecule has 0 N–H and O–H groups in total. The van der Waals surface area contributed by atoms with Gasteiger partial charge in [0.2, 0.25) is 4.91 Å². The molecule has 0 aromatic rings. The average molecular weight is 287 g/mol. The molecular weight excluding hydrogens is 275 g/mol. The standard InChI is InChI=1S/C5H12N5.F6P/c1-9(2)5(7-8-6)10(3)4;1-7(2,3,4,5)6/h1-4H3;/q+1;-1. The van der Waals surface area contributed by atoms with Crippen molar-refractivity contribution < 1.29 is 29.8 Å². The Labute approximate surface area is 93.2 Å². The first-order valence-electron chi connectivity index (χ1n) is 3.87. The van der Waals surface area contributed by atoms with E-state index in [1.54, 1.807) is 9.48 Å². The van der Waals surface area contributed by atoms with Gasteiger partial charge in [-0.05, 0) is 0 Å². The van der Waals surface area contributed by atoms with Crippen LogP contribution in [0.15, 0.2) is 5.11 Å². The van der Waals surface area contributed by atoms with Crippen molar-refractivity contribution >= 4 is 13.8 Å². The van der Waals surface area contributed by atoms with Crippen LogP contribution >= 0.6 is 7.81 Å². The number of hydrogen-bond acceptors (Lipinski definition) is 0. The fourth-order valence-corrected chi connectivity index (χ4v) is 0.619. The molecule has 0 unspecified atom stereocenters. The molecule has 0 aromatic heterocycles. The quantitative estimate of drug-likeness (QED) is 0.0975. The summed E-state index contributed by atoms with van der Waals surface area (Å²) in [6, 6.07) is 0. The number of hydrogen-bond donors (Lipinski definition) is 0. The van der Waals surface area contributed by atoms with Gasteiger partial charge in [0, 0.05) is 5.53 Å². The Kier molecular flexibility index (Phi) is 4.89. The molecule has 0 aliphatic heterocycles. The van der Waals surface area contributed by atoms with E-state index >= 15 is 0 Å². The van der Waals surface area contributed by atoms with Crippen molar-refractivity contribution in [2.75, 3.05) is 28.2 Å². The molecule has 0 radical (unpaired) electrons. The van der Waals surface area contributed by atoms with Crippen LogP contribution in [0.1, 0.15) is 0 Å². The summed E-state index contributed by atoms with van der Waals surface area (Å²) in [5.74, 6) is 0.600. The van der Waals surface area contributed by atoms with E-state index in [9.17, 15) is 25.2 Å². The molecule has 5 nitrogen and oxygen atoms in total. The van der Waals surface area contributed by atoms with Gasteiger partial charge in [-0.25, -0.2) is 0 Å². The monoisotopic (exact) mass is 287 g/mol. The first-order valence-corrected chi connectivity index (χ1v) is 5.90. The molecule has 0 aliphatic rings. The summed E-state index contributed by atoms with van der Waals surface area (Å²) in [5.41, 5.74) is 8.12. The van der Waals surface area contributed by atoms with Crippen molar-refractivity contribution in [3.63, 3.8) is 0 Å². The van der Waals surface area contributed by atoms with Gasteiger partial charge in [-0.15, -0.1) is 0 Å². The molecule has 0 saturated carbocycles. The fourth-order valence-electron chi connectivity index (χ4n) is 0.619. The van der Waals surface area contributed by atoms with Crippen LogP contribution in [-0.4, -0.2) is 43.6 Å². The number of halogens is 6. The topological polar surface area (TPSA) is 55.0 Å². The van der Waals surface area contributed by atoms with Crippen LogP contribution in [0, 0.1) is 0 Å². The van der Waals surface area contributed by atoms with E-state index in [0.717, 1.165) is 0 Å². The predicted octanol–water partition coefficient (Wildman–Crippen LogP) is 3.87. The molecule has 0 aliphatic carbocycles. The summed E-state index contributed by atoms with van der Waals surface area (Å²) in [4.78, 5) is 4.43. The number of guanidine groups is 1. The zero-order chi connectivity index (χ0) is 14.6. The van der Waals surface area contributed by atoms with Crippen molar-refractivity contribution in [1.82, 2.24) is 4.90 Å². The molecule has 17 heavy (non-hydrogen) atoms. The van der Waals surface area contributed by atoms with Crippen LogP contribution in [0.25, 0.3) is 10.4 Å². The zero-order valence-corrected chi connectivity index (χ0v) is 10.3. The second kappa shape index (κ2) is 4.58. The van der Waals surface area contributed by atoms with Crippen LogP contribution in [-0.2, 0) is 0 Å². The van der Waals surface area contributed by atoms with Crippen molar-refractivity contribution in [2.45, 2.75) is 0 Å². The molecule has 0 aromatic carbocycles. The molecule has 0 saturated heterocycles. The first-order chi connectivity index (χ1) is 7.04. The van der Waals surface area contributed by atoms with Crippen molar-refractivity contribution in [3.8, 4) is 0 Å². The SMILES string of the molecule is CN(C)C(N=[N+]=[N-])=[N+](C)C.F[P-](F)(F)(F)(F)F. The minimum absolute atomic E-state index is 0.600. The maximum absolute atomic E-state index is 10.7. The molecule has 0 bridgehead atoms. The summed E-state index contributed by atoms with van der Waals surface area (Å²) < 4.78 is 60.9. The van der Waals surface area contributed by atoms with Gasteiger partial charge in [0.15, 0.2) is 0 Å². The van der Waals surface area contributed by atoms with Crippen molar-refractivity contribution in [1.29, 1.82) is 0 Å². The number of nitrogens with zero attached hydrogens (tertiary/aromatic N) is 5. The third-order valence-corrected chi connectivity index (χ3v) is 0.934. The fraction of sp³-hybridized carbons (Fsp3) is 0.800. The Morgan fingerprint density at radius 1 is 1.12 bits per heavy atom. The van der Waals surface area contributed by atoms with Gasteiger partial charge >= 0.3 is 44.1 Å². The Hall–Kier alpha value is -1.21. The van der Waals surface area contributed by atoms with Gasteiger partial charge in [0.05, 0.1) is 28.2 Å². The van der Waals surface area contributed by atoms with Crippen LogP contribution in [0.3, 0.4) is 0 Å². The molecule has 12 heteroatoms. The predicted molar refractivity (Wildman–Crippen MR) is 53.5 cm³/mol. The Morgan fingerprint density at radius 3 is 1.47 bits per heavy atom. The van der Waals surface area contributed by atoms with Crippen molar-refractivity contribution in [3.05, 3.63) is 10.4 Å². The number of azide groups is 1. The van der Waals surface area contributed by atoms with Gasteiger partial charge in [-0.2, -0.15) is 0 Å². The molecule has 104 valence electrons. The van der Waals surface area contributed by atoms with Crippen LogP contribution in [0.2, 0.25) is 0 Å². The van der Waals surface area contributed by atoms with E-state index in [2.05, 4.69) is 10.0 Å². The van der Waals surface area contributed by atoms with Crippen LogP contribution < -0.4 is 0 Å². The number of rotatable bonds is 0. The maximum atomic E-state index is 9.87. The molecular formula is C5H12F6N5P. The molecule has 0 atom stereocenters. The molecule has 0 fully saturated rings. The van der Waals surface area contributed by atoms with E-state index < -0.39 is 7.81 Å². The summed E-state index contributed by atoms with van der Waals surface area (Å²) in [7, 11) is -3.36. The van der Waals surface area contributed by atoms with Crippen LogP contribution in [0.5, 0.6) is 0 Å². The molecule has 0 amide bonds. The third-order valence-electron chi connectivity index (χ3n) is 0.934. The second-order valence-electron chi connectivity index (χ2n) is 3.24. The first kappa shape index (κ1) is 18.2. The molecule has 0 rings (SSSR count). The van der Waals surface area contributed by atoms with E-state index in [4.69, 9.17) is 5.53 Å². The van der Waals surface area contributed by atoms with Gasteiger partial charge in [-0.3, -0.25) is 9.48 Å². The molecule has 0 spiro atoms. The van der Waals surface area contributed by atoms with E-state index in [1.165, 1.54) is 0 Å². The Bertz CT molecular complexity index is 334. The van der Waals surface area contributed by atoms with Gasteiger partial charge < -0.3 is 0 Å². The normalized spacial score (nSPS) is 14.2. The summed E-state index contributed by atoms with van der Waals surface area (Å²) in [5, 5.41) is 3.47. The van der Waals surface area contributed by atoms with E-state index in [0.29, 0.717) is 5.96 Å². The Morgan fingerprint density at radius 2 is 1.41 bits per heavy atom. The van der Waals surface area contributed by atoms with Crippen LogP contribution in [0.4, 0.5) is 25.2 Å². The van der Waals surface area contributed by atoms with Crippen molar-refractivity contribution in [2.24, 2.45) is 5.11 Å². The summed E-state index contributed by atoms with van der Waals surface area (Å²) >= 11 is 0. The zero-order valence-electron chi connectivity index (χ0n) is 9.45. The third kappa shape index (κ3) is 25.2. The van der Waals surface area contributed by atoms with E-state index in [-0.39, 0.29) is 0 Å². The van der Waals surface area contributed by atoms with E-state index in [1.807, 2.05) is 28.2 Å². The van der Waals surface area contributed by atoms with Gasteiger partial charge in [0.1, 0.15) is 0 Å². The average Bonchev–Trinajstić information content (AvgIpc) is 1.92. The van der Waals surface area contributed by atoms with Gasteiger partial charge in [0.25, 0.3) is 0 Å².